The van der Waals surface area contributed by atoms with Gasteiger partial charge in [-0.2, -0.15) is 0 Å². The third-order valence-corrected chi connectivity index (χ3v) is 5.57. The lowest BCUT2D eigenvalue weighted by molar-refractivity contribution is 0.0536. The van der Waals surface area contributed by atoms with E-state index in [2.05, 4.69) is 0 Å². The molecule has 38 heavy (non-hydrogen) atoms. The van der Waals surface area contributed by atoms with Gasteiger partial charge >= 0.3 is 0 Å². The lowest BCUT2D eigenvalue weighted by Crippen LogP contribution is -2.21. The number of aliphatic hydroxyl groups excluding tert-OH is 4. The molecule has 0 aromatic heterocycles. The molecule has 0 aliphatic heterocycles. The van der Waals surface area contributed by atoms with Crippen molar-refractivity contribution in [1.82, 2.24) is 0 Å². The molecule has 4 aromatic rings. The summed E-state index contributed by atoms with van der Waals surface area (Å²) >= 11 is 0. The fourth-order valence-corrected chi connectivity index (χ4v) is 3.61. The summed E-state index contributed by atoms with van der Waals surface area (Å²) in [4.78, 5) is 2.05. The number of rotatable bonds is 13. The molecule has 0 saturated carbocycles. The largest absolute Gasteiger partial charge is 0.491 e. The van der Waals surface area contributed by atoms with Crippen molar-refractivity contribution in [3.05, 3.63) is 103 Å². The summed E-state index contributed by atoms with van der Waals surface area (Å²) < 4.78 is 17.0. The van der Waals surface area contributed by atoms with Gasteiger partial charge in [0.25, 0.3) is 0 Å². The Labute approximate surface area is 221 Å². The van der Waals surface area contributed by atoms with Crippen LogP contribution in [0.5, 0.6) is 23.0 Å². The average molecular weight is 518 g/mol. The standard InChI is InChI=1S/C30H31NO7/c32-18-25(34)20-36-27-12-6-22(7-13-27)31(23-8-14-28(15-9-23)37-21-26(35)19-33)24-10-16-30(17-11-24)38-29-4-2-1-3-5-29/h1-17,25-26,32-35H,18-21H2. The predicted molar refractivity (Wildman–Crippen MR) is 145 cm³/mol. The van der Waals surface area contributed by atoms with Crippen molar-refractivity contribution in [2.24, 2.45) is 0 Å². The van der Waals surface area contributed by atoms with Gasteiger partial charge in [0.05, 0.1) is 13.2 Å². The number of nitrogens with zero attached hydrogens (tertiary/aromatic N) is 1. The molecule has 0 bridgehead atoms. The van der Waals surface area contributed by atoms with Crippen molar-refractivity contribution >= 4 is 17.1 Å². The minimum absolute atomic E-state index is 0.00508. The molecule has 0 fully saturated rings. The van der Waals surface area contributed by atoms with Crippen molar-refractivity contribution in [1.29, 1.82) is 0 Å². The lowest BCUT2D eigenvalue weighted by Gasteiger charge is -2.26. The summed E-state index contributed by atoms with van der Waals surface area (Å²) in [6, 6.07) is 32.1. The van der Waals surface area contributed by atoms with Gasteiger partial charge in [-0.1, -0.05) is 18.2 Å². The minimum atomic E-state index is -0.943. The van der Waals surface area contributed by atoms with E-state index in [0.717, 1.165) is 22.8 Å². The van der Waals surface area contributed by atoms with Gasteiger partial charge in [0.1, 0.15) is 48.4 Å². The van der Waals surface area contributed by atoms with Crippen LogP contribution in [0, 0.1) is 0 Å². The Morgan fingerprint density at radius 2 is 0.868 bits per heavy atom. The molecule has 0 aliphatic carbocycles. The number of anilines is 3. The van der Waals surface area contributed by atoms with Gasteiger partial charge in [-0.05, 0) is 84.9 Å². The lowest BCUT2D eigenvalue weighted by atomic mass is 10.2. The number of hydrogen-bond acceptors (Lipinski definition) is 8. The first-order valence-electron chi connectivity index (χ1n) is 12.2. The predicted octanol–water partition coefficient (Wildman–Crippen LogP) is 4.41. The maximum absolute atomic E-state index is 9.55. The second-order valence-electron chi connectivity index (χ2n) is 8.53. The molecule has 8 nitrogen and oxygen atoms in total. The van der Waals surface area contributed by atoms with Gasteiger partial charge in [0.2, 0.25) is 0 Å². The third-order valence-electron chi connectivity index (χ3n) is 5.57. The molecule has 0 amide bonds. The summed E-state index contributed by atoms with van der Waals surface area (Å²) in [6.07, 6.45) is -1.89. The first kappa shape index (κ1) is 27.0. The summed E-state index contributed by atoms with van der Waals surface area (Å²) in [6.45, 7) is -0.743. The zero-order chi connectivity index (χ0) is 26.7. The smallest absolute Gasteiger partial charge is 0.127 e. The van der Waals surface area contributed by atoms with Gasteiger partial charge < -0.3 is 39.5 Å². The molecular formula is C30H31NO7. The summed E-state index contributed by atoms with van der Waals surface area (Å²) in [5, 5.41) is 37.1. The van der Waals surface area contributed by atoms with Crippen molar-refractivity contribution in [2.45, 2.75) is 12.2 Å². The summed E-state index contributed by atoms with van der Waals surface area (Å²) in [5.41, 5.74) is 2.61. The average Bonchev–Trinajstić information content (AvgIpc) is 2.97. The van der Waals surface area contributed by atoms with Gasteiger partial charge in [0.15, 0.2) is 0 Å². The van der Waals surface area contributed by atoms with Crippen LogP contribution < -0.4 is 19.1 Å². The molecule has 8 heteroatoms. The first-order chi connectivity index (χ1) is 18.6. The monoisotopic (exact) mass is 517 g/mol. The molecule has 4 aromatic carbocycles. The van der Waals surface area contributed by atoms with E-state index < -0.39 is 12.2 Å². The molecule has 2 unspecified atom stereocenters. The number of ether oxygens (including phenoxy) is 3. The maximum Gasteiger partial charge on any atom is 0.127 e. The van der Waals surface area contributed by atoms with E-state index in [0.29, 0.717) is 17.2 Å². The second-order valence-corrected chi connectivity index (χ2v) is 8.53. The number of aliphatic hydroxyl groups is 4. The molecule has 0 aliphatic rings. The third kappa shape index (κ3) is 7.47. The van der Waals surface area contributed by atoms with Crippen molar-refractivity contribution in [3.8, 4) is 23.0 Å². The molecular weight excluding hydrogens is 486 g/mol. The van der Waals surface area contributed by atoms with Crippen LogP contribution in [0.4, 0.5) is 17.1 Å². The zero-order valence-electron chi connectivity index (χ0n) is 20.8. The number of para-hydroxylation sites is 1. The van der Waals surface area contributed by atoms with Crippen LogP contribution in [-0.4, -0.2) is 59.1 Å². The Kier molecular flexibility index (Phi) is 9.55. The quantitative estimate of drug-likeness (QED) is 0.206. The molecule has 0 radical (unpaired) electrons. The Morgan fingerprint density at radius 1 is 0.500 bits per heavy atom. The highest BCUT2D eigenvalue weighted by molar-refractivity contribution is 5.77. The van der Waals surface area contributed by atoms with Gasteiger partial charge in [0, 0.05) is 17.1 Å². The fourth-order valence-electron chi connectivity index (χ4n) is 3.61. The summed E-state index contributed by atoms with van der Waals surface area (Å²) in [7, 11) is 0. The molecule has 4 rings (SSSR count). The van der Waals surface area contributed by atoms with Crippen LogP contribution in [0.25, 0.3) is 0 Å². The van der Waals surface area contributed by atoms with Crippen molar-refractivity contribution in [2.75, 3.05) is 31.3 Å². The normalized spacial score (nSPS) is 12.4. The van der Waals surface area contributed by atoms with Crippen molar-refractivity contribution < 1.29 is 34.6 Å². The molecule has 0 heterocycles. The van der Waals surface area contributed by atoms with E-state index >= 15 is 0 Å². The highest BCUT2D eigenvalue weighted by Crippen LogP contribution is 2.37. The number of hydrogen-bond donors (Lipinski definition) is 4. The Bertz CT molecular complexity index is 1180. The second kappa shape index (κ2) is 13.5. The van der Waals surface area contributed by atoms with Crippen LogP contribution in [0.2, 0.25) is 0 Å². The molecule has 0 saturated heterocycles. The molecule has 198 valence electrons. The van der Waals surface area contributed by atoms with Gasteiger partial charge in [-0.3, -0.25) is 0 Å². The van der Waals surface area contributed by atoms with E-state index in [1.54, 1.807) is 24.3 Å². The molecule has 0 spiro atoms. The van der Waals surface area contributed by atoms with Gasteiger partial charge in [-0.15, -0.1) is 0 Å². The van der Waals surface area contributed by atoms with E-state index in [-0.39, 0.29) is 26.4 Å². The maximum atomic E-state index is 9.55. The van der Waals surface area contributed by atoms with Crippen molar-refractivity contribution in [3.63, 3.8) is 0 Å². The SMILES string of the molecule is OCC(O)COc1ccc(N(c2ccc(OCC(O)CO)cc2)c2ccc(Oc3ccccc3)cc2)cc1. The number of benzene rings is 4. The Morgan fingerprint density at radius 3 is 1.26 bits per heavy atom. The molecule has 2 atom stereocenters. The van der Waals surface area contributed by atoms with Crippen LogP contribution in [0.3, 0.4) is 0 Å². The van der Waals surface area contributed by atoms with Gasteiger partial charge in [-0.25, -0.2) is 0 Å². The van der Waals surface area contributed by atoms with E-state index in [4.69, 9.17) is 24.4 Å². The molecule has 4 N–H and O–H groups in total. The minimum Gasteiger partial charge on any atom is -0.491 e. The van der Waals surface area contributed by atoms with Crippen LogP contribution >= 0.6 is 0 Å². The Hall–Kier alpha value is -4.08. The van der Waals surface area contributed by atoms with E-state index in [1.807, 2.05) is 83.8 Å². The summed E-state index contributed by atoms with van der Waals surface area (Å²) in [5.74, 6) is 2.59. The van der Waals surface area contributed by atoms with Crippen LogP contribution in [-0.2, 0) is 0 Å². The topological polar surface area (TPSA) is 112 Å². The highest BCUT2D eigenvalue weighted by Gasteiger charge is 2.14. The fraction of sp³-hybridized carbons (Fsp3) is 0.200. The van der Waals surface area contributed by atoms with E-state index in [1.165, 1.54) is 0 Å². The first-order valence-corrected chi connectivity index (χ1v) is 12.2. The zero-order valence-corrected chi connectivity index (χ0v) is 20.8. The highest BCUT2D eigenvalue weighted by atomic mass is 16.5. The van der Waals surface area contributed by atoms with Crippen LogP contribution in [0.15, 0.2) is 103 Å². The van der Waals surface area contributed by atoms with E-state index in [9.17, 15) is 10.2 Å². The Balaban J connectivity index is 1.58. The van der Waals surface area contributed by atoms with Crippen LogP contribution in [0.1, 0.15) is 0 Å².